The van der Waals surface area contributed by atoms with Crippen LogP contribution in [0.25, 0.3) is 0 Å². The van der Waals surface area contributed by atoms with Crippen LogP contribution in [0.2, 0.25) is 5.02 Å². The molecule has 23 heavy (non-hydrogen) atoms. The maximum atomic E-state index is 12.8. The second-order valence-electron chi connectivity index (χ2n) is 4.79. The monoisotopic (exact) mass is 331 g/mol. The Labute approximate surface area is 138 Å². The maximum Gasteiger partial charge on any atom is 0.308 e. The van der Waals surface area contributed by atoms with Crippen LogP contribution in [0.1, 0.15) is 29.8 Å². The number of esters is 1. The molecule has 2 aromatic rings. The van der Waals surface area contributed by atoms with Crippen molar-refractivity contribution in [2.45, 2.75) is 13.8 Å². The molecule has 0 aromatic heterocycles. The molecule has 1 amide bonds. The van der Waals surface area contributed by atoms with Gasteiger partial charge in [0.25, 0.3) is 0 Å². The summed E-state index contributed by atoms with van der Waals surface area (Å²) in [7, 11) is 0. The van der Waals surface area contributed by atoms with Crippen molar-refractivity contribution in [2.75, 3.05) is 5.32 Å². The molecule has 5 nitrogen and oxygen atoms in total. The first-order valence-electron chi connectivity index (χ1n) is 6.77. The van der Waals surface area contributed by atoms with Crippen molar-refractivity contribution in [1.29, 1.82) is 0 Å². The summed E-state index contributed by atoms with van der Waals surface area (Å²) in [5, 5.41) is 2.94. The summed E-state index contributed by atoms with van der Waals surface area (Å²) < 4.78 is 5.06. The number of rotatable bonds is 4. The van der Waals surface area contributed by atoms with Gasteiger partial charge in [-0.25, -0.2) is 0 Å². The Morgan fingerprint density at radius 3 is 2.35 bits per heavy atom. The smallest absolute Gasteiger partial charge is 0.308 e. The molecule has 0 saturated carbocycles. The first-order chi connectivity index (χ1) is 10.9. The Morgan fingerprint density at radius 2 is 1.70 bits per heavy atom. The Bertz CT molecular complexity index is 786. The second-order valence-corrected chi connectivity index (χ2v) is 5.23. The van der Waals surface area contributed by atoms with Crippen molar-refractivity contribution in [3.63, 3.8) is 0 Å². The van der Waals surface area contributed by atoms with Gasteiger partial charge >= 0.3 is 5.97 Å². The Kier molecular flexibility index (Phi) is 5.13. The average Bonchev–Trinajstić information content (AvgIpc) is 2.48. The van der Waals surface area contributed by atoms with E-state index in [4.69, 9.17) is 16.3 Å². The highest BCUT2D eigenvalue weighted by Crippen LogP contribution is 2.27. The molecule has 2 rings (SSSR count). The highest BCUT2D eigenvalue weighted by Gasteiger charge is 2.19. The van der Waals surface area contributed by atoms with Crippen molar-refractivity contribution < 1.29 is 19.1 Å². The number of hydrogen-bond acceptors (Lipinski definition) is 4. The number of benzene rings is 2. The second kappa shape index (κ2) is 7.07. The van der Waals surface area contributed by atoms with E-state index >= 15 is 0 Å². The third-order valence-corrected chi connectivity index (χ3v) is 3.16. The molecule has 1 N–H and O–H groups in total. The molecule has 0 aliphatic heterocycles. The van der Waals surface area contributed by atoms with Crippen molar-refractivity contribution in [1.82, 2.24) is 0 Å². The lowest BCUT2D eigenvalue weighted by atomic mass is 10.0. The highest BCUT2D eigenvalue weighted by atomic mass is 35.5. The molecule has 0 heterocycles. The van der Waals surface area contributed by atoms with Crippen LogP contribution in [0.3, 0.4) is 0 Å². The van der Waals surface area contributed by atoms with E-state index in [9.17, 15) is 14.4 Å². The Hall–Kier alpha value is -2.66. The maximum absolute atomic E-state index is 12.8. The van der Waals surface area contributed by atoms with Gasteiger partial charge in [0, 0.05) is 24.4 Å². The fourth-order valence-electron chi connectivity index (χ4n) is 2.05. The number of ether oxygens (including phenoxy) is 1. The van der Waals surface area contributed by atoms with Crippen LogP contribution in [0.5, 0.6) is 5.75 Å². The Balaban J connectivity index is 2.51. The van der Waals surface area contributed by atoms with E-state index in [1.165, 1.54) is 26.0 Å². The van der Waals surface area contributed by atoms with E-state index in [1.807, 2.05) is 0 Å². The van der Waals surface area contributed by atoms with Gasteiger partial charge in [-0.05, 0) is 30.3 Å². The number of nitrogens with one attached hydrogen (secondary N) is 1. The number of ketones is 1. The molecule has 0 bridgehead atoms. The number of hydrogen-bond donors (Lipinski definition) is 1. The van der Waals surface area contributed by atoms with Crippen molar-refractivity contribution in [2.24, 2.45) is 0 Å². The van der Waals surface area contributed by atoms with Crippen LogP contribution in [0.15, 0.2) is 42.5 Å². The van der Waals surface area contributed by atoms with Gasteiger partial charge in [0.05, 0.1) is 11.3 Å². The van der Waals surface area contributed by atoms with Crippen molar-refractivity contribution in [3.05, 3.63) is 58.6 Å². The summed E-state index contributed by atoms with van der Waals surface area (Å²) in [4.78, 5) is 35.3. The summed E-state index contributed by atoms with van der Waals surface area (Å²) in [6.07, 6.45) is 0. The summed E-state index contributed by atoms with van der Waals surface area (Å²) in [6, 6.07) is 11.0. The van der Waals surface area contributed by atoms with E-state index < -0.39 is 11.8 Å². The first-order valence-corrected chi connectivity index (χ1v) is 7.15. The molecule has 0 atom stereocenters. The predicted molar refractivity (Wildman–Crippen MR) is 86.9 cm³/mol. The lowest BCUT2D eigenvalue weighted by Gasteiger charge is -2.12. The zero-order valence-electron chi connectivity index (χ0n) is 12.6. The van der Waals surface area contributed by atoms with Crippen LogP contribution < -0.4 is 10.1 Å². The quantitative estimate of drug-likeness (QED) is 0.529. The summed E-state index contributed by atoms with van der Waals surface area (Å²) in [6.45, 7) is 2.60. The van der Waals surface area contributed by atoms with E-state index in [2.05, 4.69) is 5.32 Å². The number of para-hydroxylation sites is 1. The Morgan fingerprint density at radius 1 is 1.00 bits per heavy atom. The van der Waals surface area contributed by atoms with Gasteiger partial charge in [0.2, 0.25) is 5.91 Å². The largest absolute Gasteiger partial charge is 0.426 e. The normalized spacial score (nSPS) is 10.0. The minimum atomic E-state index is -0.529. The molecular weight excluding hydrogens is 318 g/mol. The molecule has 0 aliphatic carbocycles. The molecule has 0 fully saturated rings. The zero-order valence-corrected chi connectivity index (χ0v) is 13.3. The molecule has 2 aromatic carbocycles. The lowest BCUT2D eigenvalue weighted by Crippen LogP contribution is -2.13. The molecule has 0 spiro atoms. The number of carbonyl (C=O) groups is 3. The van der Waals surface area contributed by atoms with Gasteiger partial charge in [0.1, 0.15) is 5.75 Å². The summed E-state index contributed by atoms with van der Waals surface area (Å²) >= 11 is 5.96. The van der Waals surface area contributed by atoms with E-state index in [0.717, 1.165) is 0 Å². The summed E-state index contributed by atoms with van der Waals surface area (Å²) in [5.74, 6) is -1.10. The number of anilines is 1. The first kappa shape index (κ1) is 16.7. The minimum absolute atomic E-state index is 0.152. The molecule has 0 saturated heterocycles. The van der Waals surface area contributed by atoms with Gasteiger partial charge in [-0.1, -0.05) is 23.7 Å². The zero-order chi connectivity index (χ0) is 17.0. The van der Waals surface area contributed by atoms with Gasteiger partial charge in [-0.15, -0.1) is 0 Å². The highest BCUT2D eigenvalue weighted by molar-refractivity contribution is 6.31. The summed E-state index contributed by atoms with van der Waals surface area (Å²) in [5.41, 5.74) is 0.758. The van der Waals surface area contributed by atoms with Crippen LogP contribution in [0.4, 0.5) is 5.69 Å². The van der Waals surface area contributed by atoms with Crippen LogP contribution in [-0.2, 0) is 9.59 Å². The van der Waals surface area contributed by atoms with E-state index in [1.54, 1.807) is 30.3 Å². The third-order valence-electron chi connectivity index (χ3n) is 2.92. The van der Waals surface area contributed by atoms with E-state index in [0.29, 0.717) is 10.7 Å². The average molecular weight is 332 g/mol. The molecular formula is C17H14ClNO4. The number of carbonyl (C=O) groups excluding carboxylic acids is 3. The van der Waals surface area contributed by atoms with Gasteiger partial charge in [-0.3, -0.25) is 14.4 Å². The van der Waals surface area contributed by atoms with Crippen LogP contribution in [-0.4, -0.2) is 17.7 Å². The lowest BCUT2D eigenvalue weighted by molar-refractivity contribution is -0.131. The molecule has 6 heteroatoms. The standard InChI is InChI=1S/C17H14ClNO4/c1-10(20)19-15-8-7-12(18)9-14(15)17(22)13-5-3-4-6-16(13)23-11(2)21/h3-9H,1-2H3,(H,19,20). The van der Waals surface area contributed by atoms with Crippen LogP contribution >= 0.6 is 11.6 Å². The molecule has 118 valence electrons. The van der Waals surface area contributed by atoms with Gasteiger partial charge in [0.15, 0.2) is 5.78 Å². The van der Waals surface area contributed by atoms with Crippen molar-refractivity contribution in [3.8, 4) is 5.75 Å². The minimum Gasteiger partial charge on any atom is -0.426 e. The number of halogens is 1. The molecule has 0 aliphatic rings. The van der Waals surface area contributed by atoms with E-state index in [-0.39, 0.29) is 22.8 Å². The SMILES string of the molecule is CC(=O)Nc1ccc(Cl)cc1C(=O)c1ccccc1OC(C)=O. The number of amides is 1. The fourth-order valence-corrected chi connectivity index (χ4v) is 2.22. The predicted octanol–water partition coefficient (Wildman–Crippen LogP) is 3.45. The molecule has 0 unspecified atom stereocenters. The van der Waals surface area contributed by atoms with Gasteiger partial charge in [-0.2, -0.15) is 0 Å². The fraction of sp³-hybridized carbons (Fsp3) is 0.118. The topological polar surface area (TPSA) is 72.5 Å². The van der Waals surface area contributed by atoms with Gasteiger partial charge < -0.3 is 10.1 Å². The molecule has 0 radical (unpaired) electrons. The van der Waals surface area contributed by atoms with Crippen LogP contribution in [0, 0.1) is 0 Å². The van der Waals surface area contributed by atoms with Crippen molar-refractivity contribution >= 4 is 34.9 Å². The third kappa shape index (κ3) is 4.17.